The molecular formula is C19H26N2. The number of aromatic nitrogens is 1. The number of benzene rings is 1. The van der Waals surface area contributed by atoms with Gasteiger partial charge in [0.1, 0.15) is 0 Å². The van der Waals surface area contributed by atoms with Crippen molar-refractivity contribution in [3.05, 3.63) is 42.1 Å². The van der Waals surface area contributed by atoms with Crippen LogP contribution in [-0.2, 0) is 0 Å². The van der Waals surface area contributed by atoms with Gasteiger partial charge in [-0.1, -0.05) is 56.9 Å². The van der Waals surface area contributed by atoms with Crippen LogP contribution in [0.3, 0.4) is 0 Å². The number of fused-ring (bicyclic) bond motifs is 1. The Bertz CT molecular complexity index is 567. The van der Waals surface area contributed by atoms with Gasteiger partial charge < -0.3 is 5.32 Å². The minimum atomic E-state index is 0.451. The van der Waals surface area contributed by atoms with Crippen LogP contribution >= 0.6 is 0 Å². The fourth-order valence-electron chi connectivity index (χ4n) is 3.63. The van der Waals surface area contributed by atoms with E-state index in [1.54, 1.807) is 0 Å². The molecule has 1 aliphatic rings. The van der Waals surface area contributed by atoms with Crippen LogP contribution in [0.15, 0.2) is 36.5 Å². The van der Waals surface area contributed by atoms with E-state index in [-0.39, 0.29) is 0 Å². The summed E-state index contributed by atoms with van der Waals surface area (Å²) < 4.78 is 0. The quantitative estimate of drug-likeness (QED) is 0.818. The second kappa shape index (κ2) is 7.04. The molecular weight excluding hydrogens is 256 g/mol. The molecule has 1 fully saturated rings. The Labute approximate surface area is 128 Å². The van der Waals surface area contributed by atoms with Gasteiger partial charge in [-0.2, -0.15) is 0 Å². The van der Waals surface area contributed by atoms with E-state index in [4.69, 9.17) is 0 Å². The maximum absolute atomic E-state index is 4.64. The fraction of sp³-hybridized carbons (Fsp3) is 0.526. The molecule has 1 saturated carbocycles. The molecule has 1 aromatic carbocycles. The molecule has 1 aromatic heterocycles. The van der Waals surface area contributed by atoms with Gasteiger partial charge in [0.2, 0.25) is 0 Å². The normalized spacial score (nSPS) is 17.4. The highest BCUT2D eigenvalue weighted by atomic mass is 14.9. The third-order valence-electron chi connectivity index (χ3n) is 4.72. The van der Waals surface area contributed by atoms with Crippen molar-refractivity contribution in [1.29, 1.82) is 0 Å². The van der Waals surface area contributed by atoms with E-state index in [0.29, 0.717) is 6.04 Å². The van der Waals surface area contributed by atoms with Crippen molar-refractivity contribution in [2.45, 2.75) is 51.5 Å². The molecule has 0 aliphatic heterocycles. The summed E-state index contributed by atoms with van der Waals surface area (Å²) in [4.78, 5) is 4.64. The Morgan fingerprint density at radius 1 is 1.19 bits per heavy atom. The van der Waals surface area contributed by atoms with Gasteiger partial charge in [0.15, 0.2) is 0 Å². The number of pyridine rings is 1. The summed E-state index contributed by atoms with van der Waals surface area (Å²) in [6.45, 7) is 3.32. The number of nitrogens with one attached hydrogen (secondary N) is 1. The first-order valence-electron chi connectivity index (χ1n) is 8.45. The number of nitrogens with zero attached hydrogens (tertiary/aromatic N) is 1. The Hall–Kier alpha value is -1.41. The van der Waals surface area contributed by atoms with Crippen molar-refractivity contribution in [2.75, 3.05) is 6.54 Å². The zero-order chi connectivity index (χ0) is 14.5. The SMILES string of the molecule is CCCNC(CC1CCCC1)c1cccc2cccnc12. The summed E-state index contributed by atoms with van der Waals surface area (Å²) in [5, 5.41) is 5.02. The number of rotatable bonds is 6. The van der Waals surface area contributed by atoms with Crippen LogP contribution < -0.4 is 5.32 Å². The van der Waals surface area contributed by atoms with Crippen molar-refractivity contribution in [1.82, 2.24) is 10.3 Å². The molecule has 1 N–H and O–H groups in total. The van der Waals surface area contributed by atoms with E-state index in [1.165, 1.54) is 55.0 Å². The molecule has 0 saturated heterocycles. The molecule has 0 amide bonds. The smallest absolute Gasteiger partial charge is 0.0749 e. The lowest BCUT2D eigenvalue weighted by atomic mass is 9.92. The van der Waals surface area contributed by atoms with Crippen LogP contribution in [0.1, 0.15) is 57.1 Å². The van der Waals surface area contributed by atoms with Gasteiger partial charge >= 0.3 is 0 Å². The number of hydrogen-bond donors (Lipinski definition) is 1. The summed E-state index contributed by atoms with van der Waals surface area (Å²) >= 11 is 0. The van der Waals surface area contributed by atoms with E-state index in [9.17, 15) is 0 Å². The zero-order valence-corrected chi connectivity index (χ0v) is 13.0. The van der Waals surface area contributed by atoms with Gasteiger partial charge in [0, 0.05) is 17.6 Å². The molecule has 1 unspecified atom stereocenters. The Kier molecular flexibility index (Phi) is 4.87. The first-order chi connectivity index (χ1) is 10.4. The Balaban J connectivity index is 1.89. The summed E-state index contributed by atoms with van der Waals surface area (Å²) in [5.74, 6) is 0.887. The highest BCUT2D eigenvalue weighted by Gasteiger charge is 2.22. The third-order valence-corrected chi connectivity index (χ3v) is 4.72. The first-order valence-corrected chi connectivity index (χ1v) is 8.45. The van der Waals surface area contributed by atoms with Crippen molar-refractivity contribution in [2.24, 2.45) is 5.92 Å². The minimum absolute atomic E-state index is 0.451. The maximum atomic E-state index is 4.64. The van der Waals surface area contributed by atoms with Crippen molar-refractivity contribution < 1.29 is 0 Å². The minimum Gasteiger partial charge on any atom is -0.310 e. The predicted octanol–water partition coefficient (Wildman–Crippen LogP) is 4.86. The van der Waals surface area contributed by atoms with Gasteiger partial charge in [0.05, 0.1) is 5.52 Å². The van der Waals surface area contributed by atoms with Gasteiger partial charge in [-0.05, 0) is 36.9 Å². The van der Waals surface area contributed by atoms with Crippen molar-refractivity contribution in [3.63, 3.8) is 0 Å². The Morgan fingerprint density at radius 2 is 2.00 bits per heavy atom. The van der Waals surface area contributed by atoms with Crippen LogP contribution in [0.5, 0.6) is 0 Å². The van der Waals surface area contributed by atoms with E-state index >= 15 is 0 Å². The number of hydrogen-bond acceptors (Lipinski definition) is 2. The monoisotopic (exact) mass is 282 g/mol. The van der Waals surface area contributed by atoms with Crippen LogP contribution in [-0.4, -0.2) is 11.5 Å². The predicted molar refractivity (Wildman–Crippen MR) is 89.4 cm³/mol. The van der Waals surface area contributed by atoms with Crippen LogP contribution in [0.4, 0.5) is 0 Å². The lowest BCUT2D eigenvalue weighted by Gasteiger charge is -2.23. The van der Waals surface area contributed by atoms with E-state index in [1.807, 2.05) is 12.3 Å². The highest BCUT2D eigenvalue weighted by Crippen LogP contribution is 2.34. The second-order valence-corrected chi connectivity index (χ2v) is 6.32. The van der Waals surface area contributed by atoms with Crippen LogP contribution in [0.2, 0.25) is 0 Å². The standard InChI is InChI=1S/C19H26N2/c1-2-12-20-18(14-15-7-3-4-8-15)17-11-5-9-16-10-6-13-21-19(16)17/h5-6,9-11,13,15,18,20H,2-4,7-8,12,14H2,1H3. The lowest BCUT2D eigenvalue weighted by Crippen LogP contribution is -2.24. The van der Waals surface area contributed by atoms with E-state index in [2.05, 4.69) is 41.5 Å². The van der Waals surface area contributed by atoms with Gasteiger partial charge in [-0.15, -0.1) is 0 Å². The van der Waals surface area contributed by atoms with Crippen LogP contribution in [0.25, 0.3) is 10.9 Å². The molecule has 0 radical (unpaired) electrons. The molecule has 1 atom stereocenters. The highest BCUT2D eigenvalue weighted by molar-refractivity contribution is 5.82. The van der Waals surface area contributed by atoms with Gasteiger partial charge in [-0.25, -0.2) is 0 Å². The van der Waals surface area contributed by atoms with Gasteiger partial charge in [-0.3, -0.25) is 4.98 Å². The van der Waals surface area contributed by atoms with Crippen molar-refractivity contribution >= 4 is 10.9 Å². The summed E-state index contributed by atoms with van der Waals surface area (Å²) in [7, 11) is 0. The molecule has 0 spiro atoms. The number of para-hydroxylation sites is 1. The summed E-state index contributed by atoms with van der Waals surface area (Å²) in [6.07, 6.45) is 10.00. The van der Waals surface area contributed by atoms with Crippen LogP contribution in [0, 0.1) is 5.92 Å². The molecule has 112 valence electrons. The molecule has 0 bridgehead atoms. The lowest BCUT2D eigenvalue weighted by molar-refractivity contribution is 0.396. The topological polar surface area (TPSA) is 24.9 Å². The van der Waals surface area contributed by atoms with E-state index < -0.39 is 0 Å². The maximum Gasteiger partial charge on any atom is 0.0749 e. The largest absolute Gasteiger partial charge is 0.310 e. The molecule has 2 aromatic rings. The molecule has 21 heavy (non-hydrogen) atoms. The molecule has 1 heterocycles. The molecule has 2 nitrogen and oxygen atoms in total. The Morgan fingerprint density at radius 3 is 2.81 bits per heavy atom. The third kappa shape index (κ3) is 3.44. The van der Waals surface area contributed by atoms with Crippen molar-refractivity contribution in [3.8, 4) is 0 Å². The van der Waals surface area contributed by atoms with Gasteiger partial charge in [0.25, 0.3) is 0 Å². The molecule has 3 rings (SSSR count). The summed E-state index contributed by atoms with van der Waals surface area (Å²) in [5.41, 5.74) is 2.56. The average molecular weight is 282 g/mol. The first kappa shape index (κ1) is 14.5. The summed E-state index contributed by atoms with van der Waals surface area (Å²) in [6, 6.07) is 11.2. The second-order valence-electron chi connectivity index (χ2n) is 6.32. The zero-order valence-electron chi connectivity index (χ0n) is 13.0. The van der Waals surface area contributed by atoms with E-state index in [0.717, 1.165) is 12.5 Å². The average Bonchev–Trinajstić information content (AvgIpc) is 3.04. The molecule has 2 heteroatoms. The fourth-order valence-corrected chi connectivity index (χ4v) is 3.63. The molecule has 1 aliphatic carbocycles.